The SMILES string of the molecule is Cc1c(CC(C)N)c(C)c([N+](=O)[O-])c(C)c1[N+](=O)[O-]. The number of nitrogens with zero attached hydrogens (tertiary/aromatic N) is 2. The second kappa shape index (κ2) is 5.31. The number of nitro benzene ring substituents is 2. The zero-order valence-corrected chi connectivity index (χ0v) is 11.4. The van der Waals surface area contributed by atoms with Crippen LogP contribution in [0.15, 0.2) is 0 Å². The molecule has 0 aliphatic carbocycles. The van der Waals surface area contributed by atoms with E-state index in [9.17, 15) is 20.2 Å². The zero-order chi connectivity index (χ0) is 14.9. The van der Waals surface area contributed by atoms with Crippen molar-refractivity contribution in [2.45, 2.75) is 40.2 Å². The Bertz CT molecular complexity index is 511. The van der Waals surface area contributed by atoms with Gasteiger partial charge in [-0.3, -0.25) is 20.2 Å². The summed E-state index contributed by atoms with van der Waals surface area (Å²) in [7, 11) is 0. The average Bonchev–Trinajstić information content (AvgIpc) is 2.22. The zero-order valence-electron chi connectivity index (χ0n) is 11.4. The monoisotopic (exact) mass is 267 g/mol. The van der Waals surface area contributed by atoms with Crippen molar-refractivity contribution in [3.63, 3.8) is 0 Å². The van der Waals surface area contributed by atoms with Gasteiger partial charge in [0.15, 0.2) is 0 Å². The minimum absolute atomic E-state index is 0.0958. The van der Waals surface area contributed by atoms with Crippen LogP contribution < -0.4 is 5.73 Å². The predicted molar refractivity (Wildman–Crippen MR) is 71.3 cm³/mol. The molecule has 0 fully saturated rings. The summed E-state index contributed by atoms with van der Waals surface area (Å²) in [6.45, 7) is 6.39. The molecular formula is C12H17N3O4. The first-order chi connectivity index (χ1) is 8.68. The molecule has 0 amide bonds. The van der Waals surface area contributed by atoms with Gasteiger partial charge >= 0.3 is 0 Å². The molecule has 1 aromatic rings. The van der Waals surface area contributed by atoms with Crippen LogP contribution in [0.3, 0.4) is 0 Å². The van der Waals surface area contributed by atoms with E-state index in [1.807, 2.05) is 0 Å². The summed E-state index contributed by atoms with van der Waals surface area (Å²) in [5, 5.41) is 22.2. The van der Waals surface area contributed by atoms with Crippen LogP contribution in [0.4, 0.5) is 11.4 Å². The van der Waals surface area contributed by atoms with E-state index in [2.05, 4.69) is 0 Å². The lowest BCUT2D eigenvalue weighted by atomic mass is 9.91. The van der Waals surface area contributed by atoms with Crippen LogP contribution in [0.5, 0.6) is 0 Å². The van der Waals surface area contributed by atoms with Crippen molar-refractivity contribution in [3.05, 3.63) is 42.5 Å². The van der Waals surface area contributed by atoms with Crippen molar-refractivity contribution in [1.29, 1.82) is 0 Å². The van der Waals surface area contributed by atoms with E-state index in [1.165, 1.54) is 6.92 Å². The van der Waals surface area contributed by atoms with Gasteiger partial charge in [0, 0.05) is 17.2 Å². The number of hydrogen-bond donors (Lipinski definition) is 1. The summed E-state index contributed by atoms with van der Waals surface area (Å²) in [5.41, 5.74) is 6.95. The van der Waals surface area contributed by atoms with Gasteiger partial charge in [-0.1, -0.05) is 0 Å². The highest BCUT2D eigenvalue weighted by Gasteiger charge is 2.30. The van der Waals surface area contributed by atoms with E-state index in [0.29, 0.717) is 23.1 Å². The van der Waals surface area contributed by atoms with Gasteiger partial charge in [-0.25, -0.2) is 0 Å². The molecule has 0 aliphatic heterocycles. The summed E-state index contributed by atoms with van der Waals surface area (Å²) in [6.07, 6.45) is 0.375. The highest BCUT2D eigenvalue weighted by molar-refractivity contribution is 5.65. The molecule has 2 N–H and O–H groups in total. The first kappa shape index (κ1) is 15.0. The molecule has 0 radical (unpaired) electrons. The van der Waals surface area contributed by atoms with Gasteiger partial charge in [0.2, 0.25) is 0 Å². The molecule has 1 rings (SSSR count). The van der Waals surface area contributed by atoms with Gasteiger partial charge in [-0.2, -0.15) is 0 Å². The Morgan fingerprint density at radius 1 is 1.00 bits per heavy atom. The van der Waals surface area contributed by atoms with Gasteiger partial charge in [-0.15, -0.1) is 0 Å². The topological polar surface area (TPSA) is 112 Å². The number of nitrogens with two attached hydrogens (primary N) is 1. The summed E-state index contributed by atoms with van der Waals surface area (Å²) < 4.78 is 0. The summed E-state index contributed by atoms with van der Waals surface area (Å²) in [5.74, 6) is 0. The van der Waals surface area contributed by atoms with Crippen molar-refractivity contribution in [1.82, 2.24) is 0 Å². The molecule has 7 nitrogen and oxygen atoms in total. The quantitative estimate of drug-likeness (QED) is 0.664. The third-order valence-electron chi connectivity index (χ3n) is 3.22. The minimum Gasteiger partial charge on any atom is -0.328 e. The number of rotatable bonds is 4. The van der Waals surface area contributed by atoms with Crippen molar-refractivity contribution >= 4 is 11.4 Å². The fourth-order valence-electron chi connectivity index (χ4n) is 2.42. The van der Waals surface area contributed by atoms with Crippen LogP contribution in [0.25, 0.3) is 0 Å². The lowest BCUT2D eigenvalue weighted by Gasteiger charge is -2.14. The van der Waals surface area contributed by atoms with E-state index in [4.69, 9.17) is 5.73 Å². The summed E-state index contributed by atoms with van der Waals surface area (Å²) in [6, 6.07) is -0.223. The van der Waals surface area contributed by atoms with E-state index in [0.717, 1.165) is 0 Å². The first-order valence-electron chi connectivity index (χ1n) is 5.85. The maximum absolute atomic E-state index is 11.1. The molecule has 0 aliphatic rings. The van der Waals surface area contributed by atoms with Crippen molar-refractivity contribution in [2.24, 2.45) is 5.73 Å². The van der Waals surface area contributed by atoms with E-state index in [1.54, 1.807) is 20.8 Å². The number of nitro groups is 2. The van der Waals surface area contributed by atoms with Gasteiger partial charge in [0.05, 0.1) is 9.85 Å². The molecule has 0 heterocycles. The standard InChI is InChI=1S/C12H17N3O4/c1-6(13)5-10-7(2)11(14(16)17)9(4)12(8(10)3)15(18)19/h6H,5,13H2,1-4H3. The van der Waals surface area contributed by atoms with Gasteiger partial charge < -0.3 is 5.73 Å². The van der Waals surface area contributed by atoms with Crippen molar-refractivity contribution in [3.8, 4) is 0 Å². The molecule has 0 saturated heterocycles. The Balaban J connectivity index is 3.74. The maximum atomic E-state index is 11.1. The fourth-order valence-corrected chi connectivity index (χ4v) is 2.42. The molecule has 1 atom stereocenters. The van der Waals surface area contributed by atoms with Crippen LogP contribution in [-0.2, 0) is 6.42 Å². The third kappa shape index (κ3) is 2.70. The van der Waals surface area contributed by atoms with Crippen LogP contribution >= 0.6 is 0 Å². The normalized spacial score (nSPS) is 12.3. The number of hydrogen-bond acceptors (Lipinski definition) is 5. The Labute approximate surface area is 110 Å². The Morgan fingerprint density at radius 2 is 1.37 bits per heavy atom. The van der Waals surface area contributed by atoms with Crippen LogP contribution in [0.2, 0.25) is 0 Å². The molecule has 0 bridgehead atoms. The molecule has 104 valence electrons. The third-order valence-corrected chi connectivity index (χ3v) is 3.22. The average molecular weight is 267 g/mol. The highest BCUT2D eigenvalue weighted by atomic mass is 16.6. The molecule has 1 aromatic carbocycles. The largest absolute Gasteiger partial charge is 0.328 e. The van der Waals surface area contributed by atoms with Crippen LogP contribution in [0.1, 0.15) is 29.2 Å². The Kier molecular flexibility index (Phi) is 4.21. The van der Waals surface area contributed by atoms with E-state index >= 15 is 0 Å². The van der Waals surface area contributed by atoms with E-state index in [-0.39, 0.29) is 23.0 Å². The van der Waals surface area contributed by atoms with Gasteiger partial charge in [0.25, 0.3) is 11.4 Å². The first-order valence-corrected chi connectivity index (χ1v) is 5.85. The summed E-state index contributed by atoms with van der Waals surface area (Å²) in [4.78, 5) is 21.1. The summed E-state index contributed by atoms with van der Waals surface area (Å²) >= 11 is 0. The molecular weight excluding hydrogens is 250 g/mol. The molecule has 0 aromatic heterocycles. The molecule has 0 spiro atoms. The van der Waals surface area contributed by atoms with Crippen molar-refractivity contribution in [2.75, 3.05) is 0 Å². The number of benzene rings is 1. The predicted octanol–water partition coefficient (Wildman–Crippen LogP) is 2.32. The minimum atomic E-state index is -0.568. The lowest BCUT2D eigenvalue weighted by molar-refractivity contribution is -0.396. The molecule has 0 saturated carbocycles. The Morgan fingerprint density at radius 3 is 1.63 bits per heavy atom. The van der Waals surface area contributed by atoms with Crippen LogP contribution in [0, 0.1) is 41.0 Å². The van der Waals surface area contributed by atoms with E-state index < -0.39 is 9.85 Å². The highest BCUT2D eigenvalue weighted by Crippen LogP contribution is 2.37. The molecule has 7 heteroatoms. The maximum Gasteiger partial charge on any atom is 0.282 e. The second-order valence-corrected chi connectivity index (χ2v) is 4.75. The van der Waals surface area contributed by atoms with Gasteiger partial charge in [-0.05, 0) is 39.7 Å². The van der Waals surface area contributed by atoms with Crippen LogP contribution in [-0.4, -0.2) is 15.9 Å². The molecule has 1 unspecified atom stereocenters. The Hall–Kier alpha value is -2.02. The van der Waals surface area contributed by atoms with Gasteiger partial charge in [0.1, 0.15) is 5.56 Å². The lowest BCUT2D eigenvalue weighted by Crippen LogP contribution is -2.20. The molecule has 19 heavy (non-hydrogen) atoms. The van der Waals surface area contributed by atoms with Crippen molar-refractivity contribution < 1.29 is 9.85 Å². The smallest absolute Gasteiger partial charge is 0.282 e. The fraction of sp³-hybridized carbons (Fsp3) is 0.500. The second-order valence-electron chi connectivity index (χ2n) is 4.75.